The average molecular weight is 416 g/mol. The third kappa shape index (κ3) is 5.40. The number of ether oxygens (including phenoxy) is 1. The number of nitrogens with one attached hydrogen (secondary N) is 2. The van der Waals surface area contributed by atoms with Gasteiger partial charge in [0.15, 0.2) is 0 Å². The number of unbranched alkanes of at least 4 members (excludes halogenated alkanes) is 1. The first-order chi connectivity index (χ1) is 14.1. The molecule has 0 spiro atoms. The van der Waals surface area contributed by atoms with Crippen LogP contribution in [0.15, 0.2) is 35.5 Å². The third-order valence-corrected chi connectivity index (χ3v) is 5.01. The van der Waals surface area contributed by atoms with Gasteiger partial charge in [0.05, 0.1) is 18.2 Å². The Balaban J connectivity index is 2.35. The zero-order valence-corrected chi connectivity index (χ0v) is 18.8. The Morgan fingerprint density at radius 2 is 1.80 bits per heavy atom. The number of carbonyl (C=O) groups excluding carboxylic acids is 3. The summed E-state index contributed by atoms with van der Waals surface area (Å²) in [4.78, 5) is 39.2. The van der Waals surface area contributed by atoms with Gasteiger partial charge in [0.25, 0.3) is 0 Å². The maximum atomic E-state index is 12.7. The average Bonchev–Trinajstić information content (AvgIpc) is 2.67. The van der Waals surface area contributed by atoms with Gasteiger partial charge in [-0.15, -0.1) is 0 Å². The Labute approximate surface area is 178 Å². The van der Waals surface area contributed by atoms with Crippen molar-refractivity contribution in [3.8, 4) is 0 Å². The predicted octanol–water partition coefficient (Wildman–Crippen LogP) is 4.37. The highest BCUT2D eigenvalue weighted by atomic mass is 16.5. The summed E-state index contributed by atoms with van der Waals surface area (Å²) in [5.41, 5.74) is 1.94. The molecule has 0 bridgehead atoms. The quantitative estimate of drug-likeness (QED) is 0.647. The Kier molecular flexibility index (Phi) is 7.65. The van der Waals surface area contributed by atoms with Crippen LogP contribution >= 0.6 is 0 Å². The van der Waals surface area contributed by atoms with Gasteiger partial charge in [-0.25, -0.2) is 9.59 Å². The standard InChI is InChI=1S/C23H33N3O4/c1-7-9-14-26-15(3)18(20(27)30-8-2)19(25-22(26)29)16-10-12-17(13-11-16)24-21(28)23(4,5)6/h10-13,19H,7-9,14H2,1-6H3,(H,24,28)(H,25,29)/t19-/m1/s1. The number of hydrogen-bond donors (Lipinski definition) is 2. The van der Waals surface area contributed by atoms with Gasteiger partial charge in [-0.3, -0.25) is 9.69 Å². The van der Waals surface area contributed by atoms with Crippen LogP contribution in [0, 0.1) is 5.41 Å². The van der Waals surface area contributed by atoms with Crippen LogP contribution in [0.5, 0.6) is 0 Å². The van der Waals surface area contributed by atoms with Gasteiger partial charge in [-0.05, 0) is 38.0 Å². The second-order valence-corrected chi connectivity index (χ2v) is 8.43. The van der Waals surface area contributed by atoms with E-state index in [0.29, 0.717) is 23.5 Å². The van der Waals surface area contributed by atoms with Crippen LogP contribution in [-0.2, 0) is 14.3 Å². The lowest BCUT2D eigenvalue weighted by molar-refractivity contribution is -0.139. The molecule has 30 heavy (non-hydrogen) atoms. The minimum absolute atomic E-state index is 0.0873. The molecule has 2 N–H and O–H groups in total. The summed E-state index contributed by atoms with van der Waals surface area (Å²) in [5, 5.41) is 5.81. The summed E-state index contributed by atoms with van der Waals surface area (Å²) in [6.45, 7) is 11.9. The fourth-order valence-corrected chi connectivity index (χ4v) is 3.17. The Morgan fingerprint density at radius 3 is 2.33 bits per heavy atom. The number of hydrogen-bond acceptors (Lipinski definition) is 4. The highest BCUT2D eigenvalue weighted by Crippen LogP contribution is 2.32. The second kappa shape index (κ2) is 9.78. The van der Waals surface area contributed by atoms with Crippen LogP contribution in [0.25, 0.3) is 0 Å². The molecule has 0 aliphatic carbocycles. The van der Waals surface area contributed by atoms with Crippen molar-refractivity contribution in [3.63, 3.8) is 0 Å². The summed E-state index contributed by atoms with van der Waals surface area (Å²) >= 11 is 0. The molecule has 164 valence electrons. The number of benzene rings is 1. The molecule has 1 aromatic rings. The van der Waals surface area contributed by atoms with Crippen LogP contribution in [0.1, 0.15) is 66.0 Å². The molecule has 3 amide bonds. The van der Waals surface area contributed by atoms with E-state index < -0.39 is 17.4 Å². The van der Waals surface area contributed by atoms with Crippen molar-refractivity contribution in [2.24, 2.45) is 5.41 Å². The summed E-state index contributed by atoms with van der Waals surface area (Å²) in [6, 6.07) is 6.31. The molecule has 1 atom stereocenters. The summed E-state index contributed by atoms with van der Waals surface area (Å²) < 4.78 is 5.27. The molecule has 7 nitrogen and oxygen atoms in total. The maximum Gasteiger partial charge on any atom is 0.338 e. The number of anilines is 1. The van der Waals surface area contributed by atoms with E-state index in [9.17, 15) is 14.4 Å². The molecule has 1 aliphatic heterocycles. The predicted molar refractivity (Wildman–Crippen MR) is 117 cm³/mol. The van der Waals surface area contributed by atoms with Crippen molar-refractivity contribution in [2.45, 2.75) is 60.4 Å². The number of esters is 1. The lowest BCUT2D eigenvalue weighted by Crippen LogP contribution is -2.48. The van der Waals surface area contributed by atoms with Crippen LogP contribution in [0.3, 0.4) is 0 Å². The maximum absolute atomic E-state index is 12.7. The zero-order valence-electron chi connectivity index (χ0n) is 18.8. The monoisotopic (exact) mass is 415 g/mol. The summed E-state index contributed by atoms with van der Waals surface area (Å²) in [6.07, 6.45) is 1.78. The Hall–Kier alpha value is -2.83. The van der Waals surface area contributed by atoms with E-state index in [1.807, 2.05) is 20.8 Å². The first-order valence-corrected chi connectivity index (χ1v) is 10.5. The molecule has 7 heteroatoms. The zero-order chi connectivity index (χ0) is 22.5. The molecule has 0 fully saturated rings. The van der Waals surface area contributed by atoms with Crippen LogP contribution in [0.4, 0.5) is 10.5 Å². The number of rotatable bonds is 7. The van der Waals surface area contributed by atoms with Gasteiger partial charge < -0.3 is 15.4 Å². The second-order valence-electron chi connectivity index (χ2n) is 8.43. The topological polar surface area (TPSA) is 87.7 Å². The molecule has 1 aromatic carbocycles. The van der Waals surface area contributed by atoms with Gasteiger partial charge in [-0.1, -0.05) is 46.2 Å². The first kappa shape index (κ1) is 23.4. The Bertz CT molecular complexity index is 822. The van der Waals surface area contributed by atoms with E-state index in [2.05, 4.69) is 17.6 Å². The van der Waals surface area contributed by atoms with Crippen molar-refractivity contribution < 1.29 is 19.1 Å². The molecule has 0 saturated heterocycles. The van der Waals surface area contributed by atoms with Gasteiger partial charge in [0.1, 0.15) is 0 Å². The molecule has 0 unspecified atom stereocenters. The number of nitrogens with zero attached hydrogens (tertiary/aromatic N) is 1. The number of urea groups is 1. The van der Waals surface area contributed by atoms with Gasteiger partial charge in [-0.2, -0.15) is 0 Å². The smallest absolute Gasteiger partial charge is 0.338 e. The highest BCUT2D eigenvalue weighted by Gasteiger charge is 2.36. The van der Waals surface area contributed by atoms with Crippen LogP contribution < -0.4 is 10.6 Å². The van der Waals surface area contributed by atoms with Gasteiger partial charge in [0.2, 0.25) is 5.91 Å². The molecular formula is C23H33N3O4. The van der Waals surface area contributed by atoms with E-state index in [1.54, 1.807) is 43.0 Å². The lowest BCUT2D eigenvalue weighted by atomic mass is 9.94. The SMILES string of the molecule is CCCCN1C(=O)N[C@H](c2ccc(NC(=O)C(C)(C)C)cc2)C(C(=O)OCC)=C1C. The molecular weight excluding hydrogens is 382 g/mol. The highest BCUT2D eigenvalue weighted by molar-refractivity contribution is 5.96. The minimum Gasteiger partial charge on any atom is -0.463 e. The fourth-order valence-electron chi connectivity index (χ4n) is 3.17. The first-order valence-electron chi connectivity index (χ1n) is 10.5. The van der Waals surface area contributed by atoms with E-state index in [0.717, 1.165) is 18.4 Å². The number of carbonyl (C=O) groups is 3. The fraction of sp³-hybridized carbons (Fsp3) is 0.522. The molecule has 0 saturated carbocycles. The number of allylic oxidation sites excluding steroid dienone is 1. The van der Waals surface area contributed by atoms with Crippen molar-refractivity contribution >= 4 is 23.6 Å². The largest absolute Gasteiger partial charge is 0.463 e. The van der Waals surface area contributed by atoms with E-state index in [4.69, 9.17) is 4.74 Å². The molecule has 1 heterocycles. The Morgan fingerprint density at radius 1 is 1.17 bits per heavy atom. The van der Waals surface area contributed by atoms with Crippen molar-refractivity contribution in [3.05, 3.63) is 41.1 Å². The van der Waals surface area contributed by atoms with E-state index in [1.165, 1.54) is 0 Å². The van der Waals surface area contributed by atoms with E-state index in [-0.39, 0.29) is 18.5 Å². The molecule has 0 aromatic heterocycles. The summed E-state index contributed by atoms with van der Waals surface area (Å²) in [5.74, 6) is -0.526. The summed E-state index contributed by atoms with van der Waals surface area (Å²) in [7, 11) is 0. The van der Waals surface area contributed by atoms with E-state index >= 15 is 0 Å². The van der Waals surface area contributed by atoms with Crippen molar-refractivity contribution in [2.75, 3.05) is 18.5 Å². The van der Waals surface area contributed by atoms with Crippen molar-refractivity contribution in [1.82, 2.24) is 10.2 Å². The van der Waals surface area contributed by atoms with Crippen LogP contribution in [0.2, 0.25) is 0 Å². The molecule has 0 radical (unpaired) electrons. The minimum atomic E-state index is -0.609. The van der Waals surface area contributed by atoms with Crippen molar-refractivity contribution in [1.29, 1.82) is 0 Å². The molecule has 1 aliphatic rings. The van der Waals surface area contributed by atoms with Crippen LogP contribution in [-0.4, -0.2) is 36.0 Å². The molecule has 2 rings (SSSR count). The normalized spacial score (nSPS) is 16.9. The third-order valence-electron chi connectivity index (χ3n) is 5.01. The number of amides is 3. The lowest BCUT2D eigenvalue weighted by Gasteiger charge is -2.35. The van der Waals surface area contributed by atoms with Gasteiger partial charge >= 0.3 is 12.0 Å². The van der Waals surface area contributed by atoms with Gasteiger partial charge in [0, 0.05) is 23.3 Å².